The predicted molar refractivity (Wildman–Crippen MR) is 125 cm³/mol. The van der Waals surface area contributed by atoms with Crippen molar-refractivity contribution >= 4 is 34.2 Å². The zero-order chi connectivity index (χ0) is 22.3. The number of hydrogen-bond acceptors (Lipinski definition) is 3. The second-order valence-corrected chi connectivity index (χ2v) is 8.29. The Morgan fingerprint density at radius 1 is 1.10 bits per heavy atom. The topological polar surface area (TPSA) is 68.9 Å². The lowest BCUT2D eigenvalue weighted by molar-refractivity contribution is -0.116. The number of carbonyl (C=O) groups is 1. The summed E-state index contributed by atoms with van der Waals surface area (Å²) in [5, 5.41) is 3.58. The molecule has 4 aromatic rings. The number of nitrogens with zero attached hydrogens (tertiary/aromatic N) is 3. The third kappa shape index (κ3) is 3.99. The SMILES string of the molecule is Cc1cc(C)c(NC(=O)Cn2cnc3c(-c4ccc(Cl)cc4)cn(C)c3c2=O)c(C)c1. The van der Waals surface area contributed by atoms with Gasteiger partial charge in [-0.25, -0.2) is 4.98 Å². The molecule has 0 unspecified atom stereocenters. The lowest BCUT2D eigenvalue weighted by atomic mass is 10.1. The number of fused-ring (bicyclic) bond motifs is 1. The summed E-state index contributed by atoms with van der Waals surface area (Å²) < 4.78 is 3.08. The van der Waals surface area contributed by atoms with E-state index in [1.165, 1.54) is 10.9 Å². The average molecular weight is 435 g/mol. The van der Waals surface area contributed by atoms with Crippen LogP contribution < -0.4 is 10.9 Å². The van der Waals surface area contributed by atoms with Crippen LogP contribution in [0, 0.1) is 20.8 Å². The van der Waals surface area contributed by atoms with Crippen LogP contribution in [0.3, 0.4) is 0 Å². The lowest BCUT2D eigenvalue weighted by Crippen LogP contribution is -2.29. The fraction of sp³-hybridized carbons (Fsp3) is 0.208. The number of aryl methyl sites for hydroxylation is 4. The highest BCUT2D eigenvalue weighted by Gasteiger charge is 2.16. The molecule has 1 N–H and O–H groups in total. The monoisotopic (exact) mass is 434 g/mol. The molecule has 1 amide bonds. The van der Waals surface area contributed by atoms with E-state index in [4.69, 9.17) is 11.6 Å². The number of hydrogen-bond donors (Lipinski definition) is 1. The standard InChI is InChI=1S/C24H23ClN4O2/c1-14-9-15(2)21(16(3)10-14)27-20(30)12-29-13-26-22-19(11-28(4)23(22)24(29)31)17-5-7-18(25)8-6-17/h5-11,13H,12H2,1-4H3,(H,27,30). The second kappa shape index (κ2) is 8.04. The van der Waals surface area contributed by atoms with Crippen LogP contribution in [0.4, 0.5) is 5.69 Å². The first-order chi connectivity index (χ1) is 14.7. The zero-order valence-electron chi connectivity index (χ0n) is 17.9. The summed E-state index contributed by atoms with van der Waals surface area (Å²) in [4.78, 5) is 30.3. The number of nitrogens with one attached hydrogen (secondary N) is 1. The van der Waals surface area contributed by atoms with Gasteiger partial charge in [-0.15, -0.1) is 0 Å². The van der Waals surface area contributed by atoms with Gasteiger partial charge in [0, 0.05) is 29.5 Å². The minimum Gasteiger partial charge on any atom is -0.344 e. The molecular formula is C24H23ClN4O2. The summed E-state index contributed by atoms with van der Waals surface area (Å²) in [7, 11) is 1.80. The largest absolute Gasteiger partial charge is 0.344 e. The van der Waals surface area contributed by atoms with Crippen LogP contribution >= 0.6 is 11.6 Å². The molecule has 0 aliphatic rings. The highest BCUT2D eigenvalue weighted by atomic mass is 35.5. The van der Waals surface area contributed by atoms with E-state index in [2.05, 4.69) is 10.3 Å². The Labute approximate surface area is 185 Å². The fourth-order valence-corrected chi connectivity index (χ4v) is 4.10. The van der Waals surface area contributed by atoms with Gasteiger partial charge in [0.05, 0.1) is 6.33 Å². The maximum absolute atomic E-state index is 13.1. The lowest BCUT2D eigenvalue weighted by Gasteiger charge is -2.13. The van der Waals surface area contributed by atoms with E-state index < -0.39 is 0 Å². The normalized spacial score (nSPS) is 11.1. The van der Waals surface area contributed by atoms with E-state index >= 15 is 0 Å². The van der Waals surface area contributed by atoms with Crippen molar-refractivity contribution in [3.63, 3.8) is 0 Å². The van der Waals surface area contributed by atoms with Crippen molar-refractivity contribution in [2.24, 2.45) is 7.05 Å². The quantitative estimate of drug-likeness (QED) is 0.509. The van der Waals surface area contributed by atoms with Gasteiger partial charge in [0.25, 0.3) is 5.56 Å². The molecule has 7 heteroatoms. The molecular weight excluding hydrogens is 412 g/mol. The van der Waals surface area contributed by atoms with Crippen molar-refractivity contribution in [1.82, 2.24) is 14.1 Å². The molecule has 2 heterocycles. The van der Waals surface area contributed by atoms with Crippen LogP contribution in [0.2, 0.25) is 5.02 Å². The summed E-state index contributed by atoms with van der Waals surface area (Å²) in [5.74, 6) is -0.273. The Bertz CT molecular complexity index is 1340. The molecule has 2 aromatic heterocycles. The number of carbonyl (C=O) groups excluding carboxylic acids is 1. The molecule has 0 atom stereocenters. The molecule has 0 aliphatic carbocycles. The van der Waals surface area contributed by atoms with E-state index in [0.29, 0.717) is 16.1 Å². The van der Waals surface area contributed by atoms with Crippen molar-refractivity contribution < 1.29 is 4.79 Å². The molecule has 0 spiro atoms. The zero-order valence-corrected chi connectivity index (χ0v) is 18.6. The minimum absolute atomic E-state index is 0.115. The van der Waals surface area contributed by atoms with Crippen molar-refractivity contribution in [2.45, 2.75) is 27.3 Å². The van der Waals surface area contributed by atoms with E-state index in [9.17, 15) is 9.59 Å². The van der Waals surface area contributed by atoms with Crippen LogP contribution in [-0.4, -0.2) is 20.0 Å². The summed E-state index contributed by atoms with van der Waals surface area (Å²) in [6, 6.07) is 11.4. The van der Waals surface area contributed by atoms with Gasteiger partial charge in [-0.05, 0) is 49.6 Å². The van der Waals surface area contributed by atoms with Crippen LogP contribution in [0.5, 0.6) is 0 Å². The van der Waals surface area contributed by atoms with E-state index in [1.807, 2.05) is 51.2 Å². The molecule has 0 fully saturated rings. The van der Waals surface area contributed by atoms with Crippen molar-refractivity contribution in [3.05, 3.63) is 81.0 Å². The van der Waals surface area contributed by atoms with Crippen LogP contribution in [0.25, 0.3) is 22.2 Å². The highest BCUT2D eigenvalue weighted by Crippen LogP contribution is 2.28. The van der Waals surface area contributed by atoms with Crippen LogP contribution in [-0.2, 0) is 18.4 Å². The van der Waals surface area contributed by atoms with E-state index in [-0.39, 0.29) is 18.0 Å². The first-order valence-electron chi connectivity index (χ1n) is 9.92. The Balaban J connectivity index is 1.66. The van der Waals surface area contributed by atoms with Gasteiger partial charge < -0.3 is 9.88 Å². The van der Waals surface area contributed by atoms with Gasteiger partial charge in [-0.2, -0.15) is 0 Å². The van der Waals surface area contributed by atoms with Crippen molar-refractivity contribution in [1.29, 1.82) is 0 Å². The molecule has 0 saturated heterocycles. The van der Waals surface area contributed by atoms with E-state index in [1.54, 1.807) is 23.7 Å². The summed E-state index contributed by atoms with van der Waals surface area (Å²) in [5.41, 5.74) is 6.43. The van der Waals surface area contributed by atoms with Crippen molar-refractivity contribution in [2.75, 3.05) is 5.32 Å². The smallest absolute Gasteiger partial charge is 0.278 e. The van der Waals surface area contributed by atoms with Gasteiger partial charge >= 0.3 is 0 Å². The summed E-state index contributed by atoms with van der Waals surface area (Å²) >= 11 is 5.99. The van der Waals surface area contributed by atoms with Gasteiger partial charge in [0.2, 0.25) is 5.91 Å². The van der Waals surface area contributed by atoms with Gasteiger partial charge in [-0.3, -0.25) is 14.2 Å². The third-order valence-corrected chi connectivity index (χ3v) is 5.61. The van der Waals surface area contributed by atoms with Gasteiger partial charge in [0.15, 0.2) is 0 Å². The number of amides is 1. The first-order valence-corrected chi connectivity index (χ1v) is 10.3. The maximum Gasteiger partial charge on any atom is 0.278 e. The Hall–Kier alpha value is -3.38. The molecule has 0 saturated carbocycles. The minimum atomic E-state index is -0.273. The molecule has 158 valence electrons. The van der Waals surface area contributed by atoms with Crippen LogP contribution in [0.1, 0.15) is 16.7 Å². The highest BCUT2D eigenvalue weighted by molar-refractivity contribution is 6.30. The number of aromatic nitrogens is 3. The number of anilines is 1. The Kier molecular flexibility index (Phi) is 5.41. The summed E-state index contributed by atoms with van der Waals surface area (Å²) in [6.45, 7) is 5.81. The molecule has 4 rings (SSSR count). The number of halogens is 1. The summed E-state index contributed by atoms with van der Waals surface area (Å²) in [6.07, 6.45) is 3.30. The van der Waals surface area contributed by atoms with Crippen molar-refractivity contribution in [3.8, 4) is 11.1 Å². The number of rotatable bonds is 4. The average Bonchev–Trinajstić information content (AvgIpc) is 3.04. The fourth-order valence-electron chi connectivity index (χ4n) is 3.98. The molecule has 31 heavy (non-hydrogen) atoms. The molecule has 6 nitrogen and oxygen atoms in total. The number of benzene rings is 2. The molecule has 2 aromatic carbocycles. The molecule has 0 radical (unpaired) electrons. The second-order valence-electron chi connectivity index (χ2n) is 7.86. The Morgan fingerprint density at radius 3 is 2.39 bits per heavy atom. The first kappa shape index (κ1) is 20.9. The molecule has 0 aliphatic heterocycles. The third-order valence-electron chi connectivity index (χ3n) is 5.36. The van der Waals surface area contributed by atoms with Gasteiger partial charge in [0.1, 0.15) is 17.6 Å². The van der Waals surface area contributed by atoms with Gasteiger partial charge in [-0.1, -0.05) is 41.4 Å². The molecule has 0 bridgehead atoms. The van der Waals surface area contributed by atoms with Crippen LogP contribution in [0.15, 0.2) is 53.7 Å². The Morgan fingerprint density at radius 2 is 1.74 bits per heavy atom. The van der Waals surface area contributed by atoms with E-state index in [0.717, 1.165) is 33.5 Å². The maximum atomic E-state index is 13.1. The predicted octanol–water partition coefficient (Wildman–Crippen LogP) is 4.62.